The van der Waals surface area contributed by atoms with Gasteiger partial charge in [-0.25, -0.2) is 4.98 Å². The fraction of sp³-hybridized carbons (Fsp3) is 0.182. The number of hydrogen-bond acceptors (Lipinski definition) is 2. The SMILES string of the molecule is C=C(C(C)=O)C(C)(C)c1cnc2c3ccccc3c3ccccc3n12. The maximum Gasteiger partial charge on any atom is 0.156 e. The molecule has 2 aromatic heterocycles. The van der Waals surface area contributed by atoms with Crippen LogP contribution in [0.4, 0.5) is 0 Å². The Hall–Kier alpha value is -2.94. The number of para-hydroxylation sites is 1. The predicted octanol–water partition coefficient (Wildman–Crippen LogP) is 5.06. The van der Waals surface area contributed by atoms with Crippen LogP contribution in [0, 0.1) is 0 Å². The number of benzene rings is 2. The maximum atomic E-state index is 12.0. The molecule has 3 heteroatoms. The molecular weight excluding hydrogens is 308 g/mol. The molecule has 0 bridgehead atoms. The minimum atomic E-state index is -0.503. The first-order chi connectivity index (χ1) is 11.9. The maximum absolute atomic E-state index is 12.0. The Morgan fingerprint density at radius 1 is 1.00 bits per heavy atom. The van der Waals surface area contributed by atoms with Gasteiger partial charge < -0.3 is 0 Å². The van der Waals surface area contributed by atoms with Crippen molar-refractivity contribution in [3.63, 3.8) is 0 Å². The summed E-state index contributed by atoms with van der Waals surface area (Å²) in [5.74, 6) is 0.00467. The Morgan fingerprint density at radius 2 is 1.60 bits per heavy atom. The fourth-order valence-corrected chi connectivity index (χ4v) is 3.63. The molecule has 3 nitrogen and oxygen atoms in total. The van der Waals surface area contributed by atoms with Crippen molar-refractivity contribution < 1.29 is 4.79 Å². The van der Waals surface area contributed by atoms with Crippen LogP contribution < -0.4 is 0 Å². The van der Waals surface area contributed by atoms with Gasteiger partial charge in [-0.05, 0) is 23.9 Å². The fourth-order valence-electron chi connectivity index (χ4n) is 3.63. The summed E-state index contributed by atoms with van der Waals surface area (Å²) in [7, 11) is 0. The molecule has 0 N–H and O–H groups in total. The topological polar surface area (TPSA) is 34.4 Å². The van der Waals surface area contributed by atoms with Crippen LogP contribution in [0.3, 0.4) is 0 Å². The molecule has 0 saturated carbocycles. The van der Waals surface area contributed by atoms with E-state index in [2.05, 4.69) is 47.4 Å². The summed E-state index contributed by atoms with van der Waals surface area (Å²) in [5, 5.41) is 3.47. The van der Waals surface area contributed by atoms with Crippen LogP contribution in [0.15, 0.2) is 66.9 Å². The lowest BCUT2D eigenvalue weighted by Crippen LogP contribution is -2.25. The first kappa shape index (κ1) is 15.6. The molecule has 124 valence electrons. The number of carbonyl (C=O) groups excluding carboxylic acids is 1. The number of nitrogens with zero attached hydrogens (tertiary/aromatic N) is 2. The lowest BCUT2D eigenvalue weighted by Gasteiger charge is -2.26. The highest BCUT2D eigenvalue weighted by Gasteiger charge is 2.31. The Labute approximate surface area is 146 Å². The van der Waals surface area contributed by atoms with E-state index in [9.17, 15) is 4.79 Å². The highest BCUT2D eigenvalue weighted by atomic mass is 16.1. The van der Waals surface area contributed by atoms with E-state index in [0.29, 0.717) is 5.57 Å². The van der Waals surface area contributed by atoms with Crippen molar-refractivity contribution in [3.8, 4) is 0 Å². The number of pyridine rings is 1. The van der Waals surface area contributed by atoms with Crippen molar-refractivity contribution in [2.24, 2.45) is 0 Å². The second-order valence-electron chi connectivity index (χ2n) is 7.02. The van der Waals surface area contributed by atoms with Crippen molar-refractivity contribution in [2.45, 2.75) is 26.2 Å². The Kier molecular flexibility index (Phi) is 3.29. The third-order valence-electron chi connectivity index (χ3n) is 5.18. The van der Waals surface area contributed by atoms with E-state index in [1.807, 2.05) is 32.2 Å². The molecule has 0 saturated heterocycles. The van der Waals surface area contributed by atoms with Crippen LogP contribution in [0.25, 0.3) is 27.3 Å². The molecule has 0 aliphatic carbocycles. The van der Waals surface area contributed by atoms with Gasteiger partial charge in [-0.15, -0.1) is 0 Å². The Bertz CT molecular complexity index is 1160. The van der Waals surface area contributed by atoms with Crippen LogP contribution in [-0.4, -0.2) is 15.2 Å². The van der Waals surface area contributed by atoms with Crippen molar-refractivity contribution in [3.05, 3.63) is 72.6 Å². The monoisotopic (exact) mass is 328 g/mol. The van der Waals surface area contributed by atoms with Gasteiger partial charge in [0.05, 0.1) is 17.4 Å². The zero-order valence-electron chi connectivity index (χ0n) is 14.7. The van der Waals surface area contributed by atoms with Crippen molar-refractivity contribution in [1.82, 2.24) is 9.38 Å². The minimum Gasteiger partial charge on any atom is -0.295 e. The van der Waals surface area contributed by atoms with E-state index in [4.69, 9.17) is 4.98 Å². The Balaban J connectivity index is 2.20. The van der Waals surface area contributed by atoms with Gasteiger partial charge in [-0.2, -0.15) is 0 Å². The predicted molar refractivity (Wildman–Crippen MR) is 103 cm³/mol. The summed E-state index contributed by atoms with van der Waals surface area (Å²) in [6, 6.07) is 16.6. The lowest BCUT2D eigenvalue weighted by molar-refractivity contribution is -0.114. The molecule has 25 heavy (non-hydrogen) atoms. The van der Waals surface area contributed by atoms with Crippen LogP contribution in [0.2, 0.25) is 0 Å². The van der Waals surface area contributed by atoms with E-state index in [1.54, 1.807) is 6.92 Å². The largest absolute Gasteiger partial charge is 0.295 e. The summed E-state index contributed by atoms with van der Waals surface area (Å²) >= 11 is 0. The van der Waals surface area contributed by atoms with E-state index in [0.717, 1.165) is 22.2 Å². The lowest BCUT2D eigenvalue weighted by atomic mass is 9.80. The molecule has 0 fully saturated rings. The summed E-state index contributed by atoms with van der Waals surface area (Å²) in [5.41, 5.74) is 3.06. The smallest absolute Gasteiger partial charge is 0.156 e. The van der Waals surface area contributed by atoms with E-state index >= 15 is 0 Å². The summed E-state index contributed by atoms with van der Waals surface area (Å²) in [6.45, 7) is 9.67. The number of fused-ring (bicyclic) bond motifs is 6. The molecule has 0 radical (unpaired) electrons. The first-order valence-electron chi connectivity index (χ1n) is 8.40. The first-order valence-corrected chi connectivity index (χ1v) is 8.40. The van der Waals surface area contributed by atoms with Crippen LogP contribution in [0.1, 0.15) is 26.5 Å². The molecule has 4 aromatic rings. The molecule has 0 spiro atoms. The van der Waals surface area contributed by atoms with Crippen LogP contribution in [0.5, 0.6) is 0 Å². The summed E-state index contributed by atoms with van der Waals surface area (Å²) in [4.78, 5) is 16.7. The third-order valence-corrected chi connectivity index (χ3v) is 5.18. The molecule has 0 amide bonds. The normalized spacial score (nSPS) is 12.1. The molecule has 0 unspecified atom stereocenters. The van der Waals surface area contributed by atoms with Gasteiger partial charge in [0.1, 0.15) is 5.65 Å². The highest BCUT2D eigenvalue weighted by Crippen LogP contribution is 2.36. The summed E-state index contributed by atoms with van der Waals surface area (Å²) in [6.07, 6.45) is 1.88. The quantitative estimate of drug-likeness (QED) is 0.389. The second-order valence-corrected chi connectivity index (χ2v) is 7.02. The number of allylic oxidation sites excluding steroid dienone is 1. The number of carbonyl (C=O) groups is 1. The number of ketones is 1. The van der Waals surface area contributed by atoms with Gasteiger partial charge in [0.25, 0.3) is 0 Å². The average Bonchev–Trinajstić information content (AvgIpc) is 3.07. The zero-order valence-corrected chi connectivity index (χ0v) is 14.7. The average molecular weight is 328 g/mol. The van der Waals surface area contributed by atoms with Crippen LogP contribution >= 0.6 is 0 Å². The van der Waals surface area contributed by atoms with Gasteiger partial charge in [0.15, 0.2) is 5.78 Å². The highest BCUT2D eigenvalue weighted by molar-refractivity contribution is 6.11. The van der Waals surface area contributed by atoms with Crippen molar-refractivity contribution >= 4 is 33.1 Å². The van der Waals surface area contributed by atoms with Gasteiger partial charge in [0, 0.05) is 16.2 Å². The third kappa shape index (κ3) is 2.12. The molecule has 2 heterocycles. The van der Waals surface area contributed by atoms with E-state index in [-0.39, 0.29) is 5.78 Å². The number of aromatic nitrogens is 2. The van der Waals surface area contributed by atoms with Gasteiger partial charge in [-0.1, -0.05) is 62.9 Å². The van der Waals surface area contributed by atoms with E-state index in [1.165, 1.54) is 10.8 Å². The molecular formula is C22H20N2O. The molecule has 0 aliphatic heterocycles. The number of Topliss-reactive ketones (excluding diaryl/α,β-unsaturated/α-hetero) is 1. The zero-order chi connectivity index (χ0) is 17.8. The standard InChI is InChI=1S/C22H20N2O/c1-14(15(2)25)22(3,4)20-13-23-21-18-11-6-5-9-16(18)17-10-7-8-12-19(17)24(20)21/h5-13H,1H2,2-4H3. The Morgan fingerprint density at radius 3 is 2.28 bits per heavy atom. The molecule has 0 atom stereocenters. The van der Waals surface area contributed by atoms with E-state index < -0.39 is 5.41 Å². The van der Waals surface area contributed by atoms with Gasteiger partial charge in [-0.3, -0.25) is 9.20 Å². The second kappa shape index (κ2) is 5.28. The molecule has 2 aromatic carbocycles. The van der Waals surface area contributed by atoms with Crippen molar-refractivity contribution in [1.29, 1.82) is 0 Å². The van der Waals surface area contributed by atoms with Crippen LogP contribution in [-0.2, 0) is 10.2 Å². The number of rotatable bonds is 3. The summed E-state index contributed by atoms with van der Waals surface area (Å²) < 4.78 is 2.17. The molecule has 0 aliphatic rings. The number of imidazole rings is 1. The van der Waals surface area contributed by atoms with Crippen molar-refractivity contribution in [2.75, 3.05) is 0 Å². The minimum absolute atomic E-state index is 0.00467. The number of hydrogen-bond donors (Lipinski definition) is 0. The van der Waals surface area contributed by atoms with Gasteiger partial charge >= 0.3 is 0 Å². The molecule has 4 rings (SSSR count). The van der Waals surface area contributed by atoms with Gasteiger partial charge in [0.2, 0.25) is 0 Å².